The fourth-order valence-corrected chi connectivity index (χ4v) is 11.4. The summed E-state index contributed by atoms with van der Waals surface area (Å²) < 4.78 is 42.8. The third-order valence-electron chi connectivity index (χ3n) is 12.7. The lowest BCUT2D eigenvalue weighted by Gasteiger charge is -2.61. The molecule has 0 spiro atoms. The Morgan fingerprint density at radius 1 is 0.889 bits per heavy atom. The number of carbonyl (C=O) groups excluding carboxylic acids is 2. The Labute approximate surface area is 273 Å². The Kier molecular flexibility index (Phi) is 11.5. The van der Waals surface area contributed by atoms with E-state index in [2.05, 4.69) is 27.7 Å². The third kappa shape index (κ3) is 7.77. The van der Waals surface area contributed by atoms with Gasteiger partial charge >= 0.3 is 11.9 Å². The maximum absolute atomic E-state index is 13.0. The molecule has 11 atom stereocenters. The fraction of sp³-hybridized carbons (Fsp3) is 0.944. The summed E-state index contributed by atoms with van der Waals surface area (Å²) in [6.07, 6.45) is 10.7. The molecule has 9 heteroatoms. The normalized spacial score (nSPS) is 38.4. The van der Waals surface area contributed by atoms with Crippen LogP contribution in [-0.2, 0) is 33.4 Å². The zero-order valence-corrected chi connectivity index (χ0v) is 30.1. The maximum atomic E-state index is 13.0. The second-order valence-corrected chi connectivity index (χ2v) is 17.9. The molecule has 0 aliphatic heterocycles. The molecule has 4 saturated carbocycles. The van der Waals surface area contributed by atoms with Gasteiger partial charge in [0, 0.05) is 18.8 Å². The molecular weight excluding hydrogens is 592 g/mol. The van der Waals surface area contributed by atoms with E-state index in [1.165, 1.54) is 0 Å². The van der Waals surface area contributed by atoms with Crippen LogP contribution in [0.1, 0.15) is 138 Å². The average Bonchev–Trinajstić information content (AvgIpc) is 3.23. The smallest absolute Gasteiger partial charge is 0.306 e. The summed E-state index contributed by atoms with van der Waals surface area (Å²) in [5.74, 6) is 1.24. The molecule has 1 N–H and O–H groups in total. The van der Waals surface area contributed by atoms with E-state index in [9.17, 15) is 23.1 Å². The van der Waals surface area contributed by atoms with Crippen molar-refractivity contribution in [1.29, 1.82) is 0 Å². The highest BCUT2D eigenvalue weighted by Gasteiger charge is 2.67. The van der Waals surface area contributed by atoms with Gasteiger partial charge in [-0.1, -0.05) is 41.5 Å². The minimum Gasteiger partial charge on any atom is -0.462 e. The average molecular weight is 655 g/mol. The molecule has 4 aliphatic carbocycles. The van der Waals surface area contributed by atoms with Crippen LogP contribution in [-0.4, -0.2) is 55.6 Å². The van der Waals surface area contributed by atoms with Gasteiger partial charge in [0.2, 0.25) is 0 Å². The second kappa shape index (κ2) is 14.1. The first kappa shape index (κ1) is 36.6. The van der Waals surface area contributed by atoms with Crippen LogP contribution in [0.2, 0.25) is 0 Å². The number of hydrogen-bond acceptors (Lipinski definition) is 8. The van der Waals surface area contributed by atoms with Crippen molar-refractivity contribution in [3.8, 4) is 0 Å². The number of rotatable bonds is 13. The molecule has 0 saturated heterocycles. The first-order chi connectivity index (χ1) is 21.0. The lowest BCUT2D eigenvalue weighted by molar-refractivity contribution is -0.185. The number of carbonyl (C=O) groups is 2. The van der Waals surface area contributed by atoms with E-state index in [1.807, 2.05) is 13.8 Å². The predicted molar refractivity (Wildman–Crippen MR) is 175 cm³/mol. The Hall–Kier alpha value is -1.19. The van der Waals surface area contributed by atoms with E-state index in [-0.39, 0.29) is 34.8 Å². The van der Waals surface area contributed by atoms with Gasteiger partial charge in [-0.15, -0.1) is 0 Å². The van der Waals surface area contributed by atoms with Gasteiger partial charge < -0.3 is 14.6 Å². The van der Waals surface area contributed by atoms with Crippen LogP contribution in [0, 0.1) is 46.3 Å². The SMILES string of the molecule is CCCC(=O)O[C@H]1CC[C@@]2(C)[C@@H](CC[C@@H]3[C@@H]2CC[C@]2(C)[C@@H]([C@](C)(O)[C@H](CCC(C)C)OS(C)(=O)=O)[C@@H](OC(=O)CCC)C[C@@H]32)C1. The first-order valence-electron chi connectivity index (χ1n) is 18.0. The zero-order chi connectivity index (χ0) is 33.4. The van der Waals surface area contributed by atoms with Gasteiger partial charge in [0.05, 0.1) is 11.9 Å². The van der Waals surface area contributed by atoms with E-state index in [0.717, 1.165) is 57.6 Å². The van der Waals surface area contributed by atoms with Gasteiger partial charge in [0.1, 0.15) is 18.3 Å². The topological polar surface area (TPSA) is 116 Å². The van der Waals surface area contributed by atoms with Gasteiger partial charge in [0.25, 0.3) is 10.1 Å². The molecular formula is C36H62O8S. The van der Waals surface area contributed by atoms with E-state index >= 15 is 0 Å². The predicted octanol–water partition coefficient (Wildman–Crippen LogP) is 7.21. The molecule has 4 rings (SSSR count). The molecule has 0 amide bonds. The molecule has 0 aromatic rings. The molecule has 4 fully saturated rings. The standard InChI is InChI=1S/C36H62O8S/c1-9-11-31(37)42-25-17-19-34(5)24(21-25)14-15-26-27(34)18-20-35(6)28(26)22-29(43-32(38)12-10-2)33(35)36(7,39)30(16-13-23(3)4)44-45(8,40)41/h23-30,33,39H,9-22H2,1-8H3/t24-,25-,26+,27-,28-,29-,30-,33-,34-,35-,36+/m0/s1. The summed E-state index contributed by atoms with van der Waals surface area (Å²) in [7, 11) is -3.84. The van der Waals surface area contributed by atoms with Crippen LogP contribution in [0.3, 0.4) is 0 Å². The van der Waals surface area contributed by atoms with Crippen molar-refractivity contribution >= 4 is 22.1 Å². The Morgan fingerprint density at radius 2 is 1.51 bits per heavy atom. The molecule has 0 bridgehead atoms. The largest absolute Gasteiger partial charge is 0.462 e. The summed E-state index contributed by atoms with van der Waals surface area (Å²) in [5, 5.41) is 12.5. The zero-order valence-electron chi connectivity index (χ0n) is 29.3. The molecule has 260 valence electrons. The molecule has 8 nitrogen and oxygen atoms in total. The van der Waals surface area contributed by atoms with Crippen LogP contribution >= 0.6 is 0 Å². The van der Waals surface area contributed by atoms with E-state index < -0.39 is 33.8 Å². The number of aliphatic hydroxyl groups is 1. The van der Waals surface area contributed by atoms with Crippen molar-refractivity contribution in [3.05, 3.63) is 0 Å². The molecule has 4 aliphatic rings. The highest BCUT2D eigenvalue weighted by molar-refractivity contribution is 7.86. The lowest BCUT2D eigenvalue weighted by atomic mass is 9.44. The molecule has 0 radical (unpaired) electrons. The number of esters is 2. The lowest BCUT2D eigenvalue weighted by Crippen LogP contribution is -2.59. The quantitative estimate of drug-likeness (QED) is 0.164. The van der Waals surface area contributed by atoms with Gasteiger partial charge in [-0.2, -0.15) is 8.42 Å². The summed E-state index contributed by atoms with van der Waals surface area (Å²) in [5.41, 5.74) is -1.70. The van der Waals surface area contributed by atoms with Gasteiger partial charge in [-0.05, 0) is 124 Å². The van der Waals surface area contributed by atoms with E-state index in [0.29, 0.717) is 62.2 Å². The second-order valence-electron chi connectivity index (χ2n) is 16.3. The molecule has 0 heterocycles. The van der Waals surface area contributed by atoms with Crippen molar-refractivity contribution in [2.24, 2.45) is 46.3 Å². The number of ether oxygens (including phenoxy) is 2. The van der Waals surface area contributed by atoms with Crippen molar-refractivity contribution in [2.45, 2.75) is 162 Å². The fourth-order valence-electron chi connectivity index (χ4n) is 10.7. The highest BCUT2D eigenvalue weighted by Crippen LogP contribution is 2.69. The Bertz CT molecular complexity index is 1150. The van der Waals surface area contributed by atoms with Crippen molar-refractivity contribution in [1.82, 2.24) is 0 Å². The molecule has 0 aromatic heterocycles. The van der Waals surface area contributed by atoms with Crippen LogP contribution in [0.5, 0.6) is 0 Å². The summed E-state index contributed by atoms with van der Waals surface area (Å²) in [6, 6.07) is 0. The third-order valence-corrected chi connectivity index (χ3v) is 13.3. The summed E-state index contributed by atoms with van der Waals surface area (Å²) in [6.45, 7) is 14.6. The van der Waals surface area contributed by atoms with Crippen LogP contribution in [0.25, 0.3) is 0 Å². The van der Waals surface area contributed by atoms with Gasteiger partial charge in [0.15, 0.2) is 0 Å². The Balaban J connectivity index is 1.64. The van der Waals surface area contributed by atoms with E-state index in [4.69, 9.17) is 13.7 Å². The number of hydrogen-bond donors (Lipinski definition) is 1. The first-order valence-corrected chi connectivity index (χ1v) is 19.8. The number of fused-ring (bicyclic) bond motifs is 5. The maximum Gasteiger partial charge on any atom is 0.306 e. The molecule has 0 aromatic carbocycles. The minimum absolute atomic E-state index is 0.0125. The highest BCUT2D eigenvalue weighted by atomic mass is 32.2. The Morgan fingerprint density at radius 3 is 2.11 bits per heavy atom. The van der Waals surface area contributed by atoms with Gasteiger partial charge in [-0.25, -0.2) is 0 Å². The van der Waals surface area contributed by atoms with Crippen molar-refractivity contribution < 1.29 is 36.8 Å². The minimum atomic E-state index is -3.84. The summed E-state index contributed by atoms with van der Waals surface area (Å²) >= 11 is 0. The molecule has 45 heavy (non-hydrogen) atoms. The van der Waals surface area contributed by atoms with Gasteiger partial charge in [-0.3, -0.25) is 13.8 Å². The van der Waals surface area contributed by atoms with Crippen LogP contribution < -0.4 is 0 Å². The van der Waals surface area contributed by atoms with Crippen molar-refractivity contribution in [3.63, 3.8) is 0 Å². The van der Waals surface area contributed by atoms with E-state index in [1.54, 1.807) is 6.92 Å². The monoisotopic (exact) mass is 654 g/mol. The van der Waals surface area contributed by atoms with Crippen molar-refractivity contribution in [2.75, 3.05) is 6.26 Å². The van der Waals surface area contributed by atoms with Crippen LogP contribution in [0.15, 0.2) is 0 Å². The summed E-state index contributed by atoms with van der Waals surface area (Å²) in [4.78, 5) is 25.3. The van der Waals surface area contributed by atoms with Crippen LogP contribution in [0.4, 0.5) is 0 Å². The molecule has 0 unspecified atom stereocenters.